The van der Waals surface area contributed by atoms with Gasteiger partial charge in [-0.3, -0.25) is 9.69 Å². The van der Waals surface area contributed by atoms with Gasteiger partial charge in [0.25, 0.3) is 0 Å². The van der Waals surface area contributed by atoms with Crippen LogP contribution in [0.4, 0.5) is 0 Å². The van der Waals surface area contributed by atoms with Crippen molar-refractivity contribution in [2.45, 2.75) is 32.7 Å². The predicted molar refractivity (Wildman–Crippen MR) is 115 cm³/mol. The molecule has 0 N–H and O–H groups in total. The molecule has 28 heavy (non-hydrogen) atoms. The van der Waals surface area contributed by atoms with Crippen molar-refractivity contribution in [3.8, 4) is 5.75 Å². The van der Waals surface area contributed by atoms with Gasteiger partial charge in [0.15, 0.2) is 5.43 Å². The summed E-state index contributed by atoms with van der Waals surface area (Å²) in [5.74, 6) is 1.52. The first-order valence-electron chi connectivity index (χ1n) is 9.56. The Morgan fingerprint density at radius 2 is 1.79 bits per heavy atom. The summed E-state index contributed by atoms with van der Waals surface area (Å²) in [6.07, 6.45) is 3.04. The fourth-order valence-electron chi connectivity index (χ4n) is 3.89. The molecular formula is C23H26ClNO3. The second-order valence-corrected chi connectivity index (χ2v) is 7.25. The van der Waals surface area contributed by atoms with Crippen LogP contribution in [-0.4, -0.2) is 25.1 Å². The van der Waals surface area contributed by atoms with E-state index in [0.29, 0.717) is 23.0 Å². The zero-order valence-electron chi connectivity index (χ0n) is 16.4. The van der Waals surface area contributed by atoms with Crippen molar-refractivity contribution in [3.63, 3.8) is 0 Å². The normalized spacial score (nSPS) is 14.2. The van der Waals surface area contributed by atoms with Gasteiger partial charge in [0, 0.05) is 18.5 Å². The lowest BCUT2D eigenvalue weighted by Gasteiger charge is -2.19. The van der Waals surface area contributed by atoms with Gasteiger partial charge in [-0.15, -0.1) is 12.4 Å². The molecule has 0 unspecified atom stereocenters. The van der Waals surface area contributed by atoms with E-state index in [2.05, 4.69) is 17.0 Å². The third-order valence-corrected chi connectivity index (χ3v) is 5.45. The fourth-order valence-corrected chi connectivity index (χ4v) is 3.89. The van der Waals surface area contributed by atoms with Crippen molar-refractivity contribution in [1.29, 1.82) is 0 Å². The summed E-state index contributed by atoms with van der Waals surface area (Å²) in [7, 11) is 1.67. The molecule has 5 heteroatoms. The van der Waals surface area contributed by atoms with E-state index in [0.717, 1.165) is 42.3 Å². The average Bonchev–Trinajstić information content (AvgIpc) is 3.20. The summed E-state index contributed by atoms with van der Waals surface area (Å²) < 4.78 is 12.0. The number of nitrogens with zero attached hydrogens (tertiary/aromatic N) is 1. The number of fused-ring (bicyclic) bond motifs is 1. The zero-order valence-corrected chi connectivity index (χ0v) is 17.2. The molecule has 0 saturated carbocycles. The first-order valence-corrected chi connectivity index (χ1v) is 9.56. The van der Waals surface area contributed by atoms with Crippen molar-refractivity contribution in [2.75, 3.05) is 20.2 Å². The number of rotatable bonds is 5. The highest BCUT2D eigenvalue weighted by atomic mass is 35.5. The van der Waals surface area contributed by atoms with E-state index < -0.39 is 0 Å². The molecule has 0 amide bonds. The Kier molecular flexibility index (Phi) is 6.42. The molecule has 0 bridgehead atoms. The minimum absolute atomic E-state index is 0. The van der Waals surface area contributed by atoms with Crippen LogP contribution in [0.25, 0.3) is 11.0 Å². The molecule has 2 heterocycles. The smallest absolute Gasteiger partial charge is 0.195 e. The number of likely N-dealkylation sites (tertiary alicyclic amines) is 1. The zero-order chi connectivity index (χ0) is 18.8. The summed E-state index contributed by atoms with van der Waals surface area (Å²) >= 11 is 0. The quantitative estimate of drug-likeness (QED) is 0.622. The Bertz CT molecular complexity index is 1010. The van der Waals surface area contributed by atoms with Crippen molar-refractivity contribution >= 4 is 23.4 Å². The first kappa shape index (κ1) is 20.4. The number of halogens is 1. The third kappa shape index (κ3) is 3.94. The summed E-state index contributed by atoms with van der Waals surface area (Å²) in [6, 6.07) is 13.8. The Balaban J connectivity index is 0.00000225. The van der Waals surface area contributed by atoms with Crippen LogP contribution in [0.15, 0.2) is 51.7 Å². The molecule has 4 rings (SSSR count). The van der Waals surface area contributed by atoms with Gasteiger partial charge in [0.05, 0.1) is 18.1 Å². The molecule has 1 saturated heterocycles. The van der Waals surface area contributed by atoms with Gasteiger partial charge in [0.1, 0.15) is 17.1 Å². The van der Waals surface area contributed by atoms with E-state index in [1.54, 1.807) is 7.11 Å². The molecular weight excluding hydrogens is 374 g/mol. The molecule has 0 atom stereocenters. The molecule has 3 aromatic rings. The van der Waals surface area contributed by atoms with Gasteiger partial charge in [-0.05, 0) is 50.6 Å². The van der Waals surface area contributed by atoms with Crippen LogP contribution >= 0.6 is 12.4 Å². The van der Waals surface area contributed by atoms with Crippen molar-refractivity contribution in [2.24, 2.45) is 0 Å². The molecule has 2 aromatic carbocycles. The van der Waals surface area contributed by atoms with Crippen molar-refractivity contribution in [3.05, 3.63) is 75.1 Å². The second kappa shape index (κ2) is 8.80. The second-order valence-electron chi connectivity index (χ2n) is 7.25. The van der Waals surface area contributed by atoms with E-state index in [4.69, 9.17) is 9.15 Å². The highest BCUT2D eigenvalue weighted by Gasteiger charge is 2.20. The van der Waals surface area contributed by atoms with Gasteiger partial charge in [-0.25, -0.2) is 0 Å². The molecule has 4 nitrogen and oxygen atoms in total. The summed E-state index contributed by atoms with van der Waals surface area (Å²) in [4.78, 5) is 15.4. The molecule has 1 fully saturated rings. The van der Waals surface area contributed by atoms with Crippen LogP contribution in [0.5, 0.6) is 5.75 Å². The van der Waals surface area contributed by atoms with Gasteiger partial charge in [0.2, 0.25) is 0 Å². The Morgan fingerprint density at radius 1 is 1.07 bits per heavy atom. The molecule has 0 spiro atoms. The number of ether oxygens (including phenoxy) is 1. The number of methoxy groups -OCH3 is 1. The standard InChI is InChI=1S/C23H25NO3.ClH/c1-16-21(14-17-8-4-3-5-9-17)27-23-18(22(16)25)10-11-20(26-2)19(23)15-24-12-6-7-13-24;/h3-5,8-11H,6-7,12-15H2,1-2H3;1H. The van der Waals surface area contributed by atoms with E-state index in [9.17, 15) is 4.79 Å². The summed E-state index contributed by atoms with van der Waals surface area (Å²) in [5, 5.41) is 0.638. The maximum Gasteiger partial charge on any atom is 0.195 e. The molecule has 0 aliphatic carbocycles. The maximum atomic E-state index is 13.0. The lowest BCUT2D eigenvalue weighted by molar-refractivity contribution is 0.320. The Hall–Kier alpha value is -2.30. The number of benzene rings is 2. The molecule has 1 aliphatic heterocycles. The van der Waals surface area contributed by atoms with E-state index in [1.165, 1.54) is 12.8 Å². The number of hydrogen-bond donors (Lipinski definition) is 0. The topological polar surface area (TPSA) is 42.7 Å². The van der Waals surface area contributed by atoms with Crippen LogP contribution in [0.1, 0.15) is 35.3 Å². The monoisotopic (exact) mass is 399 g/mol. The summed E-state index contributed by atoms with van der Waals surface area (Å²) in [6.45, 7) is 4.75. The number of hydrogen-bond acceptors (Lipinski definition) is 4. The van der Waals surface area contributed by atoms with E-state index >= 15 is 0 Å². The van der Waals surface area contributed by atoms with Crippen molar-refractivity contribution in [1.82, 2.24) is 4.90 Å². The third-order valence-electron chi connectivity index (χ3n) is 5.45. The van der Waals surface area contributed by atoms with Crippen molar-refractivity contribution < 1.29 is 9.15 Å². The first-order chi connectivity index (χ1) is 13.2. The molecule has 1 aliphatic rings. The Morgan fingerprint density at radius 3 is 2.46 bits per heavy atom. The molecule has 1 aromatic heterocycles. The summed E-state index contributed by atoms with van der Waals surface area (Å²) in [5.41, 5.74) is 3.51. The van der Waals surface area contributed by atoms with E-state index in [-0.39, 0.29) is 17.8 Å². The minimum atomic E-state index is 0. The van der Waals surface area contributed by atoms with Crippen LogP contribution < -0.4 is 10.2 Å². The predicted octanol–water partition coefficient (Wildman–Crippen LogP) is 4.72. The van der Waals surface area contributed by atoms with Gasteiger partial charge < -0.3 is 9.15 Å². The lowest BCUT2D eigenvalue weighted by Crippen LogP contribution is -2.20. The molecule has 148 valence electrons. The van der Waals surface area contributed by atoms with Crippen LogP contribution in [0.3, 0.4) is 0 Å². The SMILES string of the molecule is COc1ccc2c(=O)c(C)c(Cc3ccccc3)oc2c1CN1CCCC1.Cl. The van der Waals surface area contributed by atoms with Crippen LogP contribution in [-0.2, 0) is 13.0 Å². The van der Waals surface area contributed by atoms with Crippen LogP contribution in [0.2, 0.25) is 0 Å². The fraction of sp³-hybridized carbons (Fsp3) is 0.348. The van der Waals surface area contributed by atoms with Gasteiger partial charge >= 0.3 is 0 Å². The largest absolute Gasteiger partial charge is 0.496 e. The van der Waals surface area contributed by atoms with Crippen LogP contribution in [0, 0.1) is 6.92 Å². The molecule has 0 radical (unpaired) electrons. The highest BCUT2D eigenvalue weighted by molar-refractivity contribution is 5.85. The highest BCUT2D eigenvalue weighted by Crippen LogP contribution is 2.30. The van der Waals surface area contributed by atoms with Gasteiger partial charge in [-0.1, -0.05) is 30.3 Å². The van der Waals surface area contributed by atoms with Gasteiger partial charge in [-0.2, -0.15) is 0 Å². The Labute approximate surface area is 171 Å². The minimum Gasteiger partial charge on any atom is -0.496 e. The lowest BCUT2D eigenvalue weighted by atomic mass is 10.0. The maximum absolute atomic E-state index is 13.0. The average molecular weight is 400 g/mol. The van der Waals surface area contributed by atoms with E-state index in [1.807, 2.05) is 37.3 Å².